The van der Waals surface area contributed by atoms with E-state index in [9.17, 15) is 0 Å². The van der Waals surface area contributed by atoms with Crippen molar-refractivity contribution >= 4 is 33.7 Å². The van der Waals surface area contributed by atoms with Crippen molar-refractivity contribution in [2.45, 2.75) is 39.5 Å². The van der Waals surface area contributed by atoms with Crippen LogP contribution < -0.4 is 0 Å². The highest BCUT2D eigenvalue weighted by molar-refractivity contribution is 6.16. The lowest BCUT2D eigenvalue weighted by Crippen LogP contribution is -2.06. The van der Waals surface area contributed by atoms with Gasteiger partial charge in [0, 0.05) is 11.8 Å². The number of rotatable bonds is 0. The lowest BCUT2D eigenvalue weighted by molar-refractivity contribution is 0.960. The van der Waals surface area contributed by atoms with Crippen molar-refractivity contribution in [3.8, 4) is 0 Å². The molecule has 2 atom stereocenters. The largest absolute Gasteiger partial charge is 0.0766 e. The van der Waals surface area contributed by atoms with Crippen LogP contribution in [0.25, 0.3) is 33.7 Å². The van der Waals surface area contributed by atoms with Gasteiger partial charge in [-0.15, -0.1) is 0 Å². The Labute approximate surface area is 143 Å². The van der Waals surface area contributed by atoms with Gasteiger partial charge in [-0.3, -0.25) is 0 Å². The van der Waals surface area contributed by atoms with Crippen LogP contribution >= 0.6 is 0 Å². The summed E-state index contributed by atoms with van der Waals surface area (Å²) in [5.74, 6) is 0.976. The molecule has 0 radical (unpaired) electrons. The fraction of sp³-hybridized carbons (Fsp3) is 0.250. The Hall–Kier alpha value is -2.34. The van der Waals surface area contributed by atoms with Gasteiger partial charge in [0.1, 0.15) is 0 Å². The van der Waals surface area contributed by atoms with Crippen LogP contribution in [0.1, 0.15) is 59.1 Å². The molecule has 0 aromatic heterocycles. The number of allylic oxidation sites excluding steroid dienone is 2. The molecule has 0 amide bonds. The van der Waals surface area contributed by atoms with Gasteiger partial charge in [-0.05, 0) is 68.8 Å². The molecule has 0 bridgehead atoms. The molecule has 3 aromatic carbocycles. The first kappa shape index (κ1) is 14.0. The van der Waals surface area contributed by atoms with Crippen molar-refractivity contribution in [2.75, 3.05) is 0 Å². The SMILES string of the molecule is Cc1ccc2c3c4c(c(C)ccc4c4c2c1C(C)C=C4)C(C)C=C3. The first-order valence-corrected chi connectivity index (χ1v) is 8.96. The van der Waals surface area contributed by atoms with E-state index in [0.29, 0.717) is 11.8 Å². The van der Waals surface area contributed by atoms with Gasteiger partial charge in [-0.25, -0.2) is 0 Å². The zero-order valence-electron chi connectivity index (χ0n) is 14.8. The molecule has 2 unspecified atom stereocenters. The van der Waals surface area contributed by atoms with Crippen molar-refractivity contribution in [1.29, 1.82) is 0 Å². The number of fused-ring (bicyclic) bond motifs is 2. The number of hydrogen-bond acceptors (Lipinski definition) is 0. The third-order valence-corrected chi connectivity index (χ3v) is 6.06. The molecule has 0 nitrogen and oxygen atoms in total. The van der Waals surface area contributed by atoms with E-state index in [1.165, 1.54) is 54.9 Å². The Kier molecular flexibility index (Phi) is 2.69. The van der Waals surface area contributed by atoms with Crippen molar-refractivity contribution in [2.24, 2.45) is 0 Å². The van der Waals surface area contributed by atoms with Crippen LogP contribution in [0.4, 0.5) is 0 Å². The molecule has 5 rings (SSSR count). The predicted octanol–water partition coefficient (Wildman–Crippen LogP) is 6.87. The van der Waals surface area contributed by atoms with E-state index in [-0.39, 0.29) is 0 Å². The van der Waals surface area contributed by atoms with Crippen molar-refractivity contribution in [3.05, 3.63) is 69.8 Å². The molecule has 0 spiro atoms. The predicted molar refractivity (Wildman–Crippen MR) is 106 cm³/mol. The smallest absolute Gasteiger partial charge is 0.000191 e. The zero-order chi connectivity index (χ0) is 16.6. The third-order valence-electron chi connectivity index (χ3n) is 6.06. The van der Waals surface area contributed by atoms with E-state index in [0.717, 1.165) is 0 Å². The minimum Gasteiger partial charge on any atom is -0.0766 e. The van der Waals surface area contributed by atoms with E-state index in [1.54, 1.807) is 0 Å². The van der Waals surface area contributed by atoms with E-state index < -0.39 is 0 Å². The van der Waals surface area contributed by atoms with E-state index in [1.807, 2.05) is 0 Å². The molecule has 0 heterocycles. The molecule has 3 aromatic rings. The minimum absolute atomic E-state index is 0.488. The Morgan fingerprint density at radius 1 is 0.625 bits per heavy atom. The van der Waals surface area contributed by atoms with E-state index in [2.05, 4.69) is 76.3 Å². The second-order valence-corrected chi connectivity index (χ2v) is 7.56. The Morgan fingerprint density at radius 2 is 1.04 bits per heavy atom. The second kappa shape index (κ2) is 4.60. The minimum atomic E-state index is 0.488. The van der Waals surface area contributed by atoms with Crippen LogP contribution in [0.5, 0.6) is 0 Å². The zero-order valence-corrected chi connectivity index (χ0v) is 14.8. The van der Waals surface area contributed by atoms with Crippen molar-refractivity contribution < 1.29 is 0 Å². The lowest BCUT2D eigenvalue weighted by Gasteiger charge is -2.27. The average molecular weight is 310 g/mol. The molecule has 0 heteroatoms. The highest BCUT2D eigenvalue weighted by Gasteiger charge is 2.25. The number of hydrogen-bond donors (Lipinski definition) is 0. The van der Waals surface area contributed by atoms with Crippen LogP contribution in [-0.2, 0) is 0 Å². The molecule has 0 N–H and O–H groups in total. The van der Waals surface area contributed by atoms with Crippen LogP contribution in [0.3, 0.4) is 0 Å². The Bertz CT molecular complexity index is 1000. The summed E-state index contributed by atoms with van der Waals surface area (Å²) < 4.78 is 0. The van der Waals surface area contributed by atoms with Crippen LogP contribution in [0.2, 0.25) is 0 Å². The Balaban J connectivity index is 2.13. The van der Waals surface area contributed by atoms with Gasteiger partial charge >= 0.3 is 0 Å². The first-order valence-electron chi connectivity index (χ1n) is 8.96. The summed E-state index contributed by atoms with van der Waals surface area (Å²) in [6.45, 7) is 9.13. The maximum atomic E-state index is 2.37. The van der Waals surface area contributed by atoms with Crippen LogP contribution in [0, 0.1) is 13.8 Å². The maximum absolute atomic E-state index is 2.37. The van der Waals surface area contributed by atoms with Crippen LogP contribution in [0.15, 0.2) is 36.4 Å². The van der Waals surface area contributed by atoms with Crippen LogP contribution in [-0.4, -0.2) is 0 Å². The fourth-order valence-electron chi connectivity index (χ4n) is 4.94. The highest BCUT2D eigenvalue weighted by Crippen LogP contribution is 2.47. The highest BCUT2D eigenvalue weighted by atomic mass is 14.3. The van der Waals surface area contributed by atoms with E-state index in [4.69, 9.17) is 0 Å². The van der Waals surface area contributed by atoms with E-state index >= 15 is 0 Å². The Morgan fingerprint density at radius 3 is 1.46 bits per heavy atom. The lowest BCUT2D eigenvalue weighted by atomic mass is 9.76. The van der Waals surface area contributed by atoms with Gasteiger partial charge in [0.2, 0.25) is 0 Å². The summed E-state index contributed by atoms with van der Waals surface area (Å²) in [5.41, 5.74) is 8.68. The first-order chi connectivity index (χ1) is 11.6. The van der Waals surface area contributed by atoms with Gasteiger partial charge in [-0.2, -0.15) is 0 Å². The topological polar surface area (TPSA) is 0 Å². The number of aryl methyl sites for hydroxylation is 2. The average Bonchev–Trinajstić information content (AvgIpc) is 2.57. The molecule has 0 fully saturated rings. The summed E-state index contributed by atoms with van der Waals surface area (Å²) >= 11 is 0. The van der Waals surface area contributed by atoms with Gasteiger partial charge < -0.3 is 0 Å². The second-order valence-electron chi connectivity index (χ2n) is 7.56. The standard InChI is InChI=1S/C24H22/c1-13-5-9-17-19-11-7-15(3)22-16(4)8-12-20(24(19)22)18-10-6-14(2)21(13)23(17)18/h5-13,16H,1-4H3. The summed E-state index contributed by atoms with van der Waals surface area (Å²) in [4.78, 5) is 0. The van der Waals surface area contributed by atoms with Gasteiger partial charge in [-0.1, -0.05) is 62.4 Å². The molecule has 0 saturated carbocycles. The van der Waals surface area contributed by atoms with Crippen molar-refractivity contribution in [1.82, 2.24) is 0 Å². The molecule has 118 valence electrons. The maximum Gasteiger partial charge on any atom is 0.000191 e. The van der Waals surface area contributed by atoms with Gasteiger partial charge in [0.15, 0.2) is 0 Å². The van der Waals surface area contributed by atoms with Gasteiger partial charge in [0.05, 0.1) is 0 Å². The summed E-state index contributed by atoms with van der Waals surface area (Å²) in [7, 11) is 0. The van der Waals surface area contributed by atoms with Gasteiger partial charge in [0.25, 0.3) is 0 Å². The third kappa shape index (κ3) is 1.59. The summed E-state index contributed by atoms with van der Waals surface area (Å²) in [5, 5.41) is 5.79. The summed E-state index contributed by atoms with van der Waals surface area (Å²) in [6, 6.07) is 9.29. The molecular formula is C24H22. The molecule has 2 aliphatic carbocycles. The normalized spacial score (nSPS) is 21.0. The fourth-order valence-corrected chi connectivity index (χ4v) is 4.94. The molecule has 24 heavy (non-hydrogen) atoms. The molecule has 0 aliphatic heterocycles. The molecule has 0 saturated heterocycles. The van der Waals surface area contributed by atoms with Crippen molar-refractivity contribution in [3.63, 3.8) is 0 Å². The number of benzene rings is 3. The summed E-state index contributed by atoms with van der Waals surface area (Å²) in [6.07, 6.45) is 9.46. The molecular weight excluding hydrogens is 288 g/mol. The molecule has 2 aliphatic rings. The monoisotopic (exact) mass is 310 g/mol. The quantitative estimate of drug-likeness (QED) is 0.397.